The Kier molecular flexibility index (Phi) is 5.47. The molecule has 0 aromatic carbocycles. The monoisotopic (exact) mass is 290 g/mol. The van der Waals surface area contributed by atoms with Gasteiger partial charge >= 0.3 is 0 Å². The fourth-order valence-corrected chi connectivity index (χ4v) is 2.81. The van der Waals surface area contributed by atoms with E-state index in [4.69, 9.17) is 12.2 Å². The van der Waals surface area contributed by atoms with Crippen LogP contribution in [0, 0.1) is 0 Å². The Labute approximate surface area is 126 Å². The summed E-state index contributed by atoms with van der Waals surface area (Å²) in [6.45, 7) is 5.18. The zero-order chi connectivity index (χ0) is 14.4. The lowest BCUT2D eigenvalue weighted by Gasteiger charge is -2.36. The number of pyridine rings is 1. The fraction of sp³-hybridized carbons (Fsp3) is 0.533. The normalized spacial score (nSPS) is 19.8. The smallest absolute Gasteiger partial charge is 0.189 e. The van der Waals surface area contributed by atoms with Gasteiger partial charge in [0.25, 0.3) is 0 Å². The molecule has 0 spiro atoms. The van der Waals surface area contributed by atoms with E-state index in [1.54, 1.807) is 6.20 Å². The molecule has 1 aromatic rings. The van der Waals surface area contributed by atoms with Crippen molar-refractivity contribution in [2.45, 2.75) is 45.6 Å². The molecule has 1 saturated heterocycles. The van der Waals surface area contributed by atoms with E-state index in [0.717, 1.165) is 29.5 Å². The summed E-state index contributed by atoms with van der Waals surface area (Å²) in [5, 5.41) is 5.09. The molecular weight excluding hydrogens is 268 g/mol. The van der Waals surface area contributed by atoms with Crippen LogP contribution in [0.15, 0.2) is 29.5 Å². The average Bonchev–Trinajstić information content (AvgIpc) is 2.53. The molecule has 20 heavy (non-hydrogen) atoms. The standard InChI is InChI=1S/C15H22N4S/c1-3-13-8-5-7-11-19(13)15(20)18-17-12(2)14-9-4-6-10-16-14/h4,6,9-10,13H,3,5,7-8,11H2,1-2H3,(H,18,20)/b17-12+. The van der Waals surface area contributed by atoms with E-state index >= 15 is 0 Å². The van der Waals surface area contributed by atoms with Crippen molar-refractivity contribution in [1.29, 1.82) is 0 Å². The van der Waals surface area contributed by atoms with Crippen LogP contribution in [0.1, 0.15) is 45.2 Å². The van der Waals surface area contributed by atoms with Crippen LogP contribution in [0.25, 0.3) is 0 Å². The van der Waals surface area contributed by atoms with Gasteiger partial charge in [-0.15, -0.1) is 0 Å². The summed E-state index contributed by atoms with van der Waals surface area (Å²) < 4.78 is 0. The fourth-order valence-electron chi connectivity index (χ4n) is 2.52. The van der Waals surface area contributed by atoms with E-state index in [1.807, 2.05) is 25.1 Å². The zero-order valence-corrected chi connectivity index (χ0v) is 13.0. The second-order valence-corrected chi connectivity index (χ2v) is 5.47. The third kappa shape index (κ3) is 3.76. The number of aromatic nitrogens is 1. The van der Waals surface area contributed by atoms with Gasteiger partial charge in [0, 0.05) is 18.8 Å². The highest BCUT2D eigenvalue weighted by Gasteiger charge is 2.22. The molecule has 0 amide bonds. The second-order valence-electron chi connectivity index (χ2n) is 5.08. The molecule has 1 aromatic heterocycles. The lowest BCUT2D eigenvalue weighted by Crippen LogP contribution is -2.47. The summed E-state index contributed by atoms with van der Waals surface area (Å²) in [4.78, 5) is 6.54. The molecule has 1 fully saturated rings. The Bertz CT molecular complexity index is 472. The van der Waals surface area contributed by atoms with Crippen LogP contribution in [0.4, 0.5) is 0 Å². The van der Waals surface area contributed by atoms with Gasteiger partial charge in [-0.1, -0.05) is 13.0 Å². The van der Waals surface area contributed by atoms with Crippen molar-refractivity contribution < 1.29 is 0 Å². The molecule has 1 unspecified atom stereocenters. The lowest BCUT2D eigenvalue weighted by atomic mass is 10.0. The first-order valence-electron chi connectivity index (χ1n) is 7.24. The molecule has 0 aliphatic carbocycles. The summed E-state index contributed by atoms with van der Waals surface area (Å²) in [6.07, 6.45) is 6.63. The molecule has 1 atom stereocenters. The number of piperidine rings is 1. The highest BCUT2D eigenvalue weighted by Crippen LogP contribution is 2.19. The first kappa shape index (κ1) is 14.9. The van der Waals surface area contributed by atoms with E-state index in [-0.39, 0.29) is 0 Å². The van der Waals surface area contributed by atoms with Crippen LogP contribution in [-0.4, -0.2) is 33.3 Å². The van der Waals surface area contributed by atoms with Crippen molar-refractivity contribution in [3.63, 3.8) is 0 Å². The van der Waals surface area contributed by atoms with Crippen molar-refractivity contribution in [1.82, 2.24) is 15.3 Å². The Morgan fingerprint density at radius 1 is 1.50 bits per heavy atom. The number of hydrazone groups is 1. The number of nitrogens with one attached hydrogen (secondary N) is 1. The van der Waals surface area contributed by atoms with Gasteiger partial charge in [-0.3, -0.25) is 10.4 Å². The minimum atomic E-state index is 0.550. The Balaban J connectivity index is 1.97. The van der Waals surface area contributed by atoms with E-state index in [2.05, 4.69) is 27.3 Å². The molecule has 1 N–H and O–H groups in total. The highest BCUT2D eigenvalue weighted by atomic mass is 32.1. The highest BCUT2D eigenvalue weighted by molar-refractivity contribution is 7.80. The van der Waals surface area contributed by atoms with Crippen LogP contribution in [0.5, 0.6) is 0 Å². The molecular formula is C15H22N4S. The lowest BCUT2D eigenvalue weighted by molar-refractivity contribution is 0.233. The maximum Gasteiger partial charge on any atom is 0.189 e. The predicted molar refractivity (Wildman–Crippen MR) is 86.8 cm³/mol. The number of nitrogens with zero attached hydrogens (tertiary/aromatic N) is 3. The van der Waals surface area contributed by atoms with Gasteiger partial charge < -0.3 is 4.90 Å². The Hall–Kier alpha value is -1.49. The van der Waals surface area contributed by atoms with Crippen LogP contribution >= 0.6 is 12.2 Å². The molecule has 108 valence electrons. The SMILES string of the molecule is CCC1CCCCN1C(=S)N/N=C(\C)c1ccccn1. The molecule has 1 aliphatic rings. The number of hydrogen-bond acceptors (Lipinski definition) is 3. The third-order valence-electron chi connectivity index (χ3n) is 3.71. The van der Waals surface area contributed by atoms with E-state index in [0.29, 0.717) is 6.04 Å². The third-order valence-corrected chi connectivity index (χ3v) is 4.04. The van der Waals surface area contributed by atoms with Crippen LogP contribution in [0.3, 0.4) is 0 Å². The molecule has 0 saturated carbocycles. The maximum absolute atomic E-state index is 5.47. The quantitative estimate of drug-likeness (QED) is 0.528. The van der Waals surface area contributed by atoms with Gasteiger partial charge in [-0.2, -0.15) is 5.10 Å². The summed E-state index contributed by atoms with van der Waals surface area (Å²) in [5.74, 6) is 0. The summed E-state index contributed by atoms with van der Waals surface area (Å²) >= 11 is 5.47. The number of hydrogen-bond donors (Lipinski definition) is 1. The van der Waals surface area contributed by atoms with E-state index in [1.165, 1.54) is 19.3 Å². The van der Waals surface area contributed by atoms with Crippen LogP contribution in [0.2, 0.25) is 0 Å². The minimum Gasteiger partial charge on any atom is -0.345 e. The Morgan fingerprint density at radius 3 is 3.05 bits per heavy atom. The number of thiocarbonyl (C=S) groups is 1. The number of rotatable bonds is 3. The van der Waals surface area contributed by atoms with Gasteiger partial charge in [0.15, 0.2) is 5.11 Å². The van der Waals surface area contributed by atoms with Crippen molar-refractivity contribution in [3.8, 4) is 0 Å². The first-order chi connectivity index (χ1) is 9.72. The van der Waals surface area contributed by atoms with Gasteiger partial charge in [0.2, 0.25) is 0 Å². The van der Waals surface area contributed by atoms with Crippen molar-refractivity contribution in [3.05, 3.63) is 30.1 Å². The molecule has 0 radical (unpaired) electrons. The van der Waals surface area contributed by atoms with E-state index < -0.39 is 0 Å². The first-order valence-corrected chi connectivity index (χ1v) is 7.65. The number of likely N-dealkylation sites (tertiary alicyclic amines) is 1. The molecule has 0 bridgehead atoms. The van der Waals surface area contributed by atoms with Gasteiger partial charge in [0.05, 0.1) is 11.4 Å². The van der Waals surface area contributed by atoms with Gasteiger partial charge in [0.1, 0.15) is 0 Å². The molecule has 4 nitrogen and oxygen atoms in total. The predicted octanol–water partition coefficient (Wildman–Crippen LogP) is 2.94. The Morgan fingerprint density at radius 2 is 2.35 bits per heavy atom. The molecule has 2 heterocycles. The van der Waals surface area contributed by atoms with Gasteiger partial charge in [-0.05, 0) is 57.0 Å². The van der Waals surface area contributed by atoms with Crippen molar-refractivity contribution in [2.24, 2.45) is 5.10 Å². The van der Waals surface area contributed by atoms with E-state index in [9.17, 15) is 0 Å². The largest absolute Gasteiger partial charge is 0.345 e. The van der Waals surface area contributed by atoms with Gasteiger partial charge in [-0.25, -0.2) is 0 Å². The van der Waals surface area contributed by atoms with Crippen molar-refractivity contribution >= 4 is 23.0 Å². The summed E-state index contributed by atoms with van der Waals surface area (Å²) in [6, 6.07) is 6.35. The summed E-state index contributed by atoms with van der Waals surface area (Å²) in [5.41, 5.74) is 4.73. The topological polar surface area (TPSA) is 40.5 Å². The zero-order valence-electron chi connectivity index (χ0n) is 12.2. The van der Waals surface area contributed by atoms with Crippen LogP contribution < -0.4 is 5.43 Å². The minimum absolute atomic E-state index is 0.550. The average molecular weight is 290 g/mol. The molecule has 2 rings (SSSR count). The maximum atomic E-state index is 5.47. The van der Waals surface area contributed by atoms with Crippen LogP contribution in [-0.2, 0) is 0 Å². The molecule has 1 aliphatic heterocycles. The molecule has 5 heteroatoms. The second kappa shape index (κ2) is 7.33. The summed E-state index contributed by atoms with van der Waals surface area (Å²) in [7, 11) is 0. The van der Waals surface area contributed by atoms with Crippen molar-refractivity contribution in [2.75, 3.05) is 6.54 Å².